The van der Waals surface area contributed by atoms with Crippen molar-refractivity contribution < 1.29 is 13.9 Å². The molecule has 2 aromatic carbocycles. The molecular formula is C22H22ClFN4O2S. The zero-order valence-corrected chi connectivity index (χ0v) is 18.7. The summed E-state index contributed by atoms with van der Waals surface area (Å²) in [5, 5.41) is 11.9. The molecule has 0 bridgehead atoms. The number of hydrogen-bond acceptors (Lipinski definition) is 5. The lowest BCUT2D eigenvalue weighted by Gasteiger charge is -2.14. The van der Waals surface area contributed by atoms with Gasteiger partial charge in [0.15, 0.2) is 22.5 Å². The number of nitrogens with one attached hydrogen (secondary N) is 1. The van der Waals surface area contributed by atoms with Crippen LogP contribution in [0.1, 0.15) is 18.3 Å². The van der Waals surface area contributed by atoms with E-state index in [4.69, 9.17) is 16.3 Å². The lowest BCUT2D eigenvalue weighted by atomic mass is 10.2. The number of benzene rings is 2. The summed E-state index contributed by atoms with van der Waals surface area (Å²) in [7, 11) is 0. The van der Waals surface area contributed by atoms with Crippen LogP contribution in [0.4, 0.5) is 10.1 Å². The standard InChI is InChI=1S/C22H22ClFN4O2S/c1-4-12-28-20(13-30-19-11-6-5-9-17(19)24)26-27-22(28)31-15(3)21(29)25-18-10-7-8-16(23)14(18)2/h4-11,15H,1,12-13H2,2-3H3,(H,25,29). The van der Waals surface area contributed by atoms with Crippen LogP contribution in [-0.2, 0) is 17.9 Å². The Morgan fingerprint density at radius 3 is 2.84 bits per heavy atom. The van der Waals surface area contributed by atoms with Crippen LogP contribution in [-0.4, -0.2) is 25.9 Å². The molecule has 0 saturated carbocycles. The summed E-state index contributed by atoms with van der Waals surface area (Å²) >= 11 is 7.39. The van der Waals surface area contributed by atoms with Crippen molar-refractivity contribution in [3.63, 3.8) is 0 Å². The van der Waals surface area contributed by atoms with Crippen LogP contribution in [0.15, 0.2) is 60.3 Å². The van der Waals surface area contributed by atoms with E-state index < -0.39 is 11.1 Å². The van der Waals surface area contributed by atoms with E-state index in [9.17, 15) is 9.18 Å². The van der Waals surface area contributed by atoms with Crippen LogP contribution in [0.5, 0.6) is 5.75 Å². The maximum atomic E-state index is 13.8. The Hall–Kier alpha value is -2.84. The van der Waals surface area contributed by atoms with Crippen molar-refractivity contribution in [1.29, 1.82) is 0 Å². The Bertz CT molecular complexity index is 1090. The fourth-order valence-corrected chi connectivity index (χ4v) is 3.77. The first-order valence-corrected chi connectivity index (χ1v) is 10.8. The smallest absolute Gasteiger partial charge is 0.237 e. The maximum Gasteiger partial charge on any atom is 0.237 e. The molecule has 1 aromatic heterocycles. The third-order valence-corrected chi connectivity index (χ3v) is 5.97. The highest BCUT2D eigenvalue weighted by Gasteiger charge is 2.21. The van der Waals surface area contributed by atoms with Gasteiger partial charge in [0, 0.05) is 17.3 Å². The van der Waals surface area contributed by atoms with Crippen molar-refractivity contribution >= 4 is 35.0 Å². The van der Waals surface area contributed by atoms with E-state index in [1.807, 2.05) is 6.92 Å². The molecule has 162 valence electrons. The molecule has 1 atom stereocenters. The van der Waals surface area contributed by atoms with Gasteiger partial charge in [-0.1, -0.05) is 47.6 Å². The zero-order valence-electron chi connectivity index (χ0n) is 17.1. The number of rotatable bonds is 9. The van der Waals surface area contributed by atoms with Crippen molar-refractivity contribution in [3.8, 4) is 5.75 Å². The number of allylic oxidation sites excluding steroid dienone is 1. The lowest BCUT2D eigenvalue weighted by Crippen LogP contribution is -2.23. The van der Waals surface area contributed by atoms with Gasteiger partial charge in [0.2, 0.25) is 5.91 Å². The molecule has 1 unspecified atom stereocenters. The molecule has 9 heteroatoms. The average Bonchev–Trinajstić information content (AvgIpc) is 3.12. The van der Waals surface area contributed by atoms with E-state index >= 15 is 0 Å². The molecule has 0 saturated heterocycles. The predicted molar refractivity (Wildman–Crippen MR) is 121 cm³/mol. The Morgan fingerprint density at radius 1 is 1.32 bits per heavy atom. The topological polar surface area (TPSA) is 69.0 Å². The molecule has 3 rings (SSSR count). The Morgan fingerprint density at radius 2 is 2.10 bits per heavy atom. The van der Waals surface area contributed by atoms with Gasteiger partial charge in [-0.2, -0.15) is 0 Å². The van der Waals surface area contributed by atoms with E-state index in [0.717, 1.165) is 5.56 Å². The number of para-hydroxylation sites is 1. The van der Waals surface area contributed by atoms with Gasteiger partial charge in [-0.05, 0) is 43.7 Å². The van der Waals surface area contributed by atoms with Crippen LogP contribution in [0.25, 0.3) is 0 Å². The summed E-state index contributed by atoms with van der Waals surface area (Å²) < 4.78 is 21.1. The number of carbonyl (C=O) groups excluding carboxylic acids is 1. The summed E-state index contributed by atoms with van der Waals surface area (Å²) in [6, 6.07) is 11.5. The molecule has 31 heavy (non-hydrogen) atoms. The molecule has 6 nitrogen and oxygen atoms in total. The molecule has 0 fully saturated rings. The van der Waals surface area contributed by atoms with Crippen LogP contribution in [0, 0.1) is 12.7 Å². The number of thioether (sulfide) groups is 1. The third-order valence-electron chi connectivity index (χ3n) is 4.48. The van der Waals surface area contributed by atoms with E-state index in [1.165, 1.54) is 17.8 Å². The monoisotopic (exact) mass is 460 g/mol. The molecule has 0 aliphatic heterocycles. The highest BCUT2D eigenvalue weighted by atomic mass is 35.5. The first kappa shape index (κ1) is 22.8. The normalized spacial score (nSPS) is 11.7. The van der Waals surface area contributed by atoms with Crippen molar-refractivity contribution in [1.82, 2.24) is 14.8 Å². The van der Waals surface area contributed by atoms with Gasteiger partial charge >= 0.3 is 0 Å². The minimum atomic E-state index is -0.452. The van der Waals surface area contributed by atoms with Crippen molar-refractivity contribution in [3.05, 3.63) is 77.3 Å². The first-order chi connectivity index (χ1) is 14.9. The van der Waals surface area contributed by atoms with Crippen LogP contribution in [0.2, 0.25) is 5.02 Å². The largest absolute Gasteiger partial charge is 0.483 e. The fourth-order valence-electron chi connectivity index (χ4n) is 2.72. The van der Waals surface area contributed by atoms with Crippen LogP contribution >= 0.6 is 23.4 Å². The second-order valence-corrected chi connectivity index (χ2v) is 8.39. The number of anilines is 1. The Kier molecular flexibility index (Phi) is 7.70. The number of halogens is 2. The third kappa shape index (κ3) is 5.65. The second-order valence-electron chi connectivity index (χ2n) is 6.68. The average molecular weight is 461 g/mol. The van der Waals surface area contributed by atoms with E-state index in [-0.39, 0.29) is 18.3 Å². The maximum absolute atomic E-state index is 13.8. The summed E-state index contributed by atoms with van der Waals surface area (Å²) in [6.45, 7) is 7.84. The van der Waals surface area contributed by atoms with Gasteiger partial charge in [0.25, 0.3) is 0 Å². The van der Waals surface area contributed by atoms with Gasteiger partial charge in [-0.25, -0.2) is 4.39 Å². The van der Waals surface area contributed by atoms with E-state index in [2.05, 4.69) is 22.1 Å². The quantitative estimate of drug-likeness (QED) is 0.348. The number of nitrogens with zero attached hydrogens (tertiary/aromatic N) is 3. The molecule has 0 spiro atoms. The second kappa shape index (κ2) is 10.5. The van der Waals surface area contributed by atoms with Gasteiger partial charge in [0.05, 0.1) is 5.25 Å². The van der Waals surface area contributed by atoms with E-state index in [1.54, 1.807) is 54.0 Å². The Labute approximate surface area is 189 Å². The van der Waals surface area contributed by atoms with Gasteiger partial charge in [0.1, 0.15) is 6.61 Å². The summed E-state index contributed by atoms with van der Waals surface area (Å²) in [6.07, 6.45) is 1.69. The highest BCUT2D eigenvalue weighted by molar-refractivity contribution is 8.00. The summed E-state index contributed by atoms with van der Waals surface area (Å²) in [4.78, 5) is 12.7. The number of aromatic nitrogens is 3. The predicted octanol–water partition coefficient (Wildman–Crippen LogP) is 5.26. The molecular weight excluding hydrogens is 439 g/mol. The van der Waals surface area contributed by atoms with Crippen molar-refractivity contribution in [2.24, 2.45) is 0 Å². The molecule has 0 aliphatic carbocycles. The summed E-state index contributed by atoms with van der Waals surface area (Å²) in [5.74, 6) is -0.000367. The highest BCUT2D eigenvalue weighted by Crippen LogP contribution is 2.27. The lowest BCUT2D eigenvalue weighted by molar-refractivity contribution is -0.115. The van der Waals surface area contributed by atoms with Gasteiger partial charge < -0.3 is 10.1 Å². The molecule has 0 radical (unpaired) electrons. The molecule has 1 heterocycles. The number of carbonyl (C=O) groups is 1. The first-order valence-electron chi connectivity index (χ1n) is 9.53. The van der Waals surface area contributed by atoms with Gasteiger partial charge in [-0.15, -0.1) is 16.8 Å². The summed E-state index contributed by atoms with van der Waals surface area (Å²) in [5.41, 5.74) is 1.47. The molecule has 1 N–H and O–H groups in total. The Balaban J connectivity index is 1.70. The van der Waals surface area contributed by atoms with Gasteiger partial charge in [-0.3, -0.25) is 9.36 Å². The number of hydrogen-bond donors (Lipinski definition) is 1. The van der Waals surface area contributed by atoms with Crippen LogP contribution in [0.3, 0.4) is 0 Å². The minimum Gasteiger partial charge on any atom is -0.483 e. The van der Waals surface area contributed by atoms with E-state index in [0.29, 0.717) is 28.2 Å². The number of amides is 1. The minimum absolute atomic E-state index is 0.0324. The SMILES string of the molecule is C=CCn1c(COc2ccccc2F)nnc1SC(C)C(=O)Nc1cccc(Cl)c1C. The molecule has 0 aliphatic rings. The van der Waals surface area contributed by atoms with Crippen molar-refractivity contribution in [2.75, 3.05) is 5.32 Å². The zero-order chi connectivity index (χ0) is 22.4. The number of ether oxygens (including phenoxy) is 1. The molecule has 1 amide bonds. The van der Waals surface area contributed by atoms with Crippen LogP contribution < -0.4 is 10.1 Å². The fraction of sp³-hybridized carbons (Fsp3) is 0.227. The van der Waals surface area contributed by atoms with Crippen molar-refractivity contribution in [2.45, 2.75) is 37.4 Å². The molecule has 3 aromatic rings.